The van der Waals surface area contributed by atoms with Crippen molar-refractivity contribution in [3.63, 3.8) is 0 Å². The summed E-state index contributed by atoms with van der Waals surface area (Å²) in [6, 6.07) is 11.3. The van der Waals surface area contributed by atoms with Gasteiger partial charge in [-0.05, 0) is 69.1 Å². The zero-order chi connectivity index (χ0) is 18.5. The summed E-state index contributed by atoms with van der Waals surface area (Å²) in [6.07, 6.45) is 2.36. The van der Waals surface area contributed by atoms with Gasteiger partial charge in [-0.1, -0.05) is 13.0 Å². The molecular formula is C21H28N2O3. The van der Waals surface area contributed by atoms with Crippen molar-refractivity contribution >= 4 is 5.91 Å². The van der Waals surface area contributed by atoms with Crippen LogP contribution in [-0.4, -0.2) is 37.6 Å². The van der Waals surface area contributed by atoms with Gasteiger partial charge in [0.1, 0.15) is 17.3 Å². The number of rotatable bonds is 6. The van der Waals surface area contributed by atoms with Crippen molar-refractivity contribution < 1.29 is 13.9 Å². The maximum atomic E-state index is 12.6. The zero-order valence-corrected chi connectivity index (χ0v) is 15.8. The molecule has 0 aliphatic carbocycles. The lowest BCUT2D eigenvalue weighted by atomic mass is 9.97. The van der Waals surface area contributed by atoms with Gasteiger partial charge in [-0.15, -0.1) is 0 Å². The molecule has 0 saturated carbocycles. The van der Waals surface area contributed by atoms with E-state index in [9.17, 15) is 4.79 Å². The Kier molecular flexibility index (Phi) is 5.99. The highest BCUT2D eigenvalue weighted by molar-refractivity contribution is 5.94. The Hall–Kier alpha value is -2.27. The van der Waals surface area contributed by atoms with Gasteiger partial charge in [0.15, 0.2) is 0 Å². The zero-order valence-electron chi connectivity index (χ0n) is 15.8. The van der Waals surface area contributed by atoms with Gasteiger partial charge in [0, 0.05) is 12.1 Å². The second kappa shape index (κ2) is 8.41. The third kappa shape index (κ3) is 4.47. The van der Waals surface area contributed by atoms with E-state index >= 15 is 0 Å². The fourth-order valence-electron chi connectivity index (χ4n) is 3.44. The average molecular weight is 356 g/mol. The largest absolute Gasteiger partial charge is 0.497 e. The molecule has 1 N–H and O–H groups in total. The van der Waals surface area contributed by atoms with Gasteiger partial charge in [0.25, 0.3) is 5.91 Å². The molecule has 5 nitrogen and oxygen atoms in total. The fourth-order valence-corrected chi connectivity index (χ4v) is 3.44. The summed E-state index contributed by atoms with van der Waals surface area (Å²) >= 11 is 0. The third-order valence-corrected chi connectivity index (χ3v) is 5.14. The van der Waals surface area contributed by atoms with Crippen molar-refractivity contribution in [1.82, 2.24) is 10.2 Å². The SMILES string of the molecule is COc1cccc(C(=O)NC[C@H](c2ccc(C)o2)N2CCC(C)CC2)c1. The van der Waals surface area contributed by atoms with Crippen LogP contribution in [0.2, 0.25) is 0 Å². The number of hydrogen-bond acceptors (Lipinski definition) is 4. The van der Waals surface area contributed by atoms with E-state index in [-0.39, 0.29) is 11.9 Å². The minimum Gasteiger partial charge on any atom is -0.497 e. The van der Waals surface area contributed by atoms with E-state index in [1.54, 1.807) is 19.2 Å². The van der Waals surface area contributed by atoms with Crippen LogP contribution in [0.3, 0.4) is 0 Å². The lowest BCUT2D eigenvalue weighted by Crippen LogP contribution is -2.41. The van der Waals surface area contributed by atoms with Crippen LogP contribution in [0.5, 0.6) is 5.75 Å². The van der Waals surface area contributed by atoms with Crippen LogP contribution in [-0.2, 0) is 0 Å². The van der Waals surface area contributed by atoms with Crippen molar-refractivity contribution in [2.75, 3.05) is 26.7 Å². The predicted octanol–water partition coefficient (Wildman–Crippen LogP) is 3.80. The van der Waals surface area contributed by atoms with Gasteiger partial charge >= 0.3 is 0 Å². The maximum Gasteiger partial charge on any atom is 0.251 e. The van der Waals surface area contributed by atoms with Crippen LogP contribution in [0.4, 0.5) is 0 Å². The first kappa shape index (κ1) is 18.5. The van der Waals surface area contributed by atoms with Crippen LogP contribution in [0.25, 0.3) is 0 Å². The number of nitrogens with zero attached hydrogens (tertiary/aromatic N) is 1. The Morgan fingerprint density at radius 1 is 1.31 bits per heavy atom. The molecule has 3 rings (SSSR count). The quantitative estimate of drug-likeness (QED) is 0.855. The summed E-state index contributed by atoms with van der Waals surface area (Å²) in [5.41, 5.74) is 0.603. The van der Waals surface area contributed by atoms with Crippen molar-refractivity contribution in [2.45, 2.75) is 32.7 Å². The molecule has 1 aliphatic heterocycles. The number of carbonyl (C=O) groups excluding carboxylic acids is 1. The van der Waals surface area contributed by atoms with Crippen LogP contribution in [0, 0.1) is 12.8 Å². The van der Waals surface area contributed by atoms with Crippen LogP contribution < -0.4 is 10.1 Å². The van der Waals surface area contributed by atoms with Gasteiger partial charge < -0.3 is 14.5 Å². The monoisotopic (exact) mass is 356 g/mol. The molecule has 1 aromatic heterocycles. The van der Waals surface area contributed by atoms with Crippen molar-refractivity contribution in [3.05, 3.63) is 53.5 Å². The molecule has 1 aliphatic rings. The Morgan fingerprint density at radius 3 is 2.73 bits per heavy atom. The number of aryl methyl sites for hydroxylation is 1. The summed E-state index contributed by atoms with van der Waals surface area (Å²) in [6.45, 7) is 6.83. The number of methoxy groups -OCH3 is 1. The van der Waals surface area contributed by atoms with Crippen molar-refractivity contribution in [1.29, 1.82) is 0 Å². The first-order chi connectivity index (χ1) is 12.6. The number of likely N-dealkylation sites (tertiary alicyclic amines) is 1. The lowest BCUT2D eigenvalue weighted by molar-refractivity contribution is 0.0894. The number of ether oxygens (including phenoxy) is 1. The van der Waals surface area contributed by atoms with E-state index in [2.05, 4.69) is 17.1 Å². The molecule has 2 heterocycles. The molecule has 0 radical (unpaired) electrons. The van der Waals surface area contributed by atoms with Crippen molar-refractivity contribution in [3.8, 4) is 5.75 Å². The molecule has 1 atom stereocenters. The molecular weight excluding hydrogens is 328 g/mol. The minimum absolute atomic E-state index is 0.0609. The van der Waals surface area contributed by atoms with Gasteiger partial charge in [0.2, 0.25) is 0 Å². The molecule has 5 heteroatoms. The Bertz CT molecular complexity index is 732. The van der Waals surface area contributed by atoms with Crippen molar-refractivity contribution in [2.24, 2.45) is 5.92 Å². The minimum atomic E-state index is -0.0949. The highest BCUT2D eigenvalue weighted by Gasteiger charge is 2.27. The second-order valence-electron chi connectivity index (χ2n) is 7.12. The molecule has 1 saturated heterocycles. The summed E-state index contributed by atoms with van der Waals surface area (Å²) in [5.74, 6) is 3.16. The molecule has 0 unspecified atom stereocenters. The van der Waals surface area contributed by atoms with Crippen LogP contribution in [0.15, 0.2) is 40.8 Å². The molecule has 140 valence electrons. The van der Waals surface area contributed by atoms with Crippen LogP contribution >= 0.6 is 0 Å². The molecule has 0 spiro atoms. The van der Waals surface area contributed by atoms with Gasteiger partial charge in [-0.2, -0.15) is 0 Å². The molecule has 1 aromatic carbocycles. The highest BCUT2D eigenvalue weighted by atomic mass is 16.5. The number of benzene rings is 1. The van der Waals surface area contributed by atoms with Gasteiger partial charge in [-0.3, -0.25) is 9.69 Å². The fraction of sp³-hybridized carbons (Fsp3) is 0.476. The molecule has 2 aromatic rings. The van der Waals surface area contributed by atoms with E-state index in [1.807, 2.05) is 31.2 Å². The van der Waals surface area contributed by atoms with E-state index < -0.39 is 0 Å². The average Bonchev–Trinajstić information content (AvgIpc) is 3.09. The van der Waals surface area contributed by atoms with Gasteiger partial charge in [0.05, 0.1) is 13.2 Å². The summed E-state index contributed by atoms with van der Waals surface area (Å²) in [5, 5.41) is 3.07. The lowest BCUT2D eigenvalue weighted by Gasteiger charge is -2.35. The Morgan fingerprint density at radius 2 is 2.08 bits per heavy atom. The second-order valence-corrected chi connectivity index (χ2v) is 7.12. The standard InChI is InChI=1S/C21H28N2O3/c1-15-9-11-23(12-10-15)19(20-8-7-16(2)26-20)14-22-21(24)17-5-4-6-18(13-17)25-3/h4-8,13,15,19H,9-12,14H2,1-3H3,(H,22,24)/t19-/m1/s1. The number of hydrogen-bond donors (Lipinski definition) is 1. The Balaban J connectivity index is 1.70. The summed E-state index contributed by atoms with van der Waals surface area (Å²) in [4.78, 5) is 15.0. The van der Waals surface area contributed by atoms with E-state index in [0.717, 1.165) is 30.5 Å². The summed E-state index contributed by atoms with van der Waals surface area (Å²) < 4.78 is 11.1. The number of amides is 1. The predicted molar refractivity (Wildman–Crippen MR) is 101 cm³/mol. The molecule has 1 fully saturated rings. The topological polar surface area (TPSA) is 54.7 Å². The Labute approximate surface area is 155 Å². The van der Waals surface area contributed by atoms with E-state index in [4.69, 9.17) is 9.15 Å². The molecule has 0 bridgehead atoms. The number of furan rings is 1. The van der Waals surface area contributed by atoms with Crippen LogP contribution in [0.1, 0.15) is 47.7 Å². The summed E-state index contributed by atoms with van der Waals surface area (Å²) in [7, 11) is 1.60. The molecule has 26 heavy (non-hydrogen) atoms. The number of carbonyl (C=O) groups is 1. The smallest absolute Gasteiger partial charge is 0.251 e. The van der Waals surface area contributed by atoms with E-state index in [1.165, 1.54) is 12.8 Å². The first-order valence-electron chi connectivity index (χ1n) is 9.29. The van der Waals surface area contributed by atoms with Gasteiger partial charge in [-0.25, -0.2) is 0 Å². The highest BCUT2D eigenvalue weighted by Crippen LogP contribution is 2.27. The number of piperidine rings is 1. The third-order valence-electron chi connectivity index (χ3n) is 5.14. The number of nitrogens with one attached hydrogen (secondary N) is 1. The maximum absolute atomic E-state index is 12.6. The normalized spacial score (nSPS) is 17.0. The van der Waals surface area contributed by atoms with E-state index in [0.29, 0.717) is 17.9 Å². The first-order valence-corrected chi connectivity index (χ1v) is 9.29. The molecule has 1 amide bonds.